The second-order valence-electron chi connectivity index (χ2n) is 7.24. The molecule has 0 bridgehead atoms. The molecule has 2 aromatic carbocycles. The van der Waals surface area contributed by atoms with Crippen LogP contribution >= 0.6 is 0 Å². The van der Waals surface area contributed by atoms with Gasteiger partial charge in [0, 0.05) is 30.7 Å². The number of ether oxygens (including phenoxy) is 1. The minimum absolute atomic E-state index is 0.0859. The van der Waals surface area contributed by atoms with Crippen LogP contribution < -0.4 is 15.4 Å². The number of non-ortho nitro benzene ring substituents is 1. The lowest BCUT2D eigenvalue weighted by molar-refractivity contribution is -0.384. The fourth-order valence-electron chi connectivity index (χ4n) is 3.00. The van der Waals surface area contributed by atoms with Crippen LogP contribution in [-0.4, -0.2) is 24.0 Å². The fourth-order valence-corrected chi connectivity index (χ4v) is 3.00. The topological polar surface area (TPSA) is 88.8 Å². The summed E-state index contributed by atoms with van der Waals surface area (Å²) in [6, 6.07) is 14.7. The highest BCUT2D eigenvalue weighted by atomic mass is 16.6. The largest absolute Gasteiger partial charge is 0.493 e. The minimum atomic E-state index is -0.396. The Kier molecular flexibility index (Phi) is 6.47. The molecule has 3 rings (SSSR count). The van der Waals surface area contributed by atoms with Gasteiger partial charge >= 0.3 is 0 Å². The van der Waals surface area contributed by atoms with Gasteiger partial charge in [0.15, 0.2) is 5.96 Å². The van der Waals surface area contributed by atoms with Crippen LogP contribution in [0.1, 0.15) is 37.4 Å². The van der Waals surface area contributed by atoms with Gasteiger partial charge in [-0.2, -0.15) is 0 Å². The lowest BCUT2D eigenvalue weighted by Crippen LogP contribution is -2.42. The third-order valence-electron chi connectivity index (χ3n) is 4.51. The second kappa shape index (κ2) is 9.21. The molecule has 2 aromatic rings. The lowest BCUT2D eigenvalue weighted by Gasteiger charge is -2.28. The third-order valence-corrected chi connectivity index (χ3v) is 4.51. The van der Waals surface area contributed by atoms with Crippen LogP contribution in [0.4, 0.5) is 5.69 Å². The van der Waals surface area contributed by atoms with E-state index < -0.39 is 4.92 Å². The molecule has 0 saturated heterocycles. The normalized spacial score (nSPS) is 16.2. The summed E-state index contributed by atoms with van der Waals surface area (Å²) in [7, 11) is 0. The van der Waals surface area contributed by atoms with Crippen LogP contribution in [0, 0.1) is 16.0 Å². The van der Waals surface area contributed by atoms with E-state index in [1.54, 1.807) is 12.1 Å². The molecule has 0 amide bonds. The van der Waals surface area contributed by atoms with Crippen molar-refractivity contribution in [3.8, 4) is 5.75 Å². The molecule has 1 heterocycles. The van der Waals surface area contributed by atoms with Crippen molar-refractivity contribution in [3.63, 3.8) is 0 Å². The van der Waals surface area contributed by atoms with Crippen molar-refractivity contribution in [3.05, 3.63) is 69.8 Å². The van der Waals surface area contributed by atoms with Crippen LogP contribution in [0.2, 0.25) is 0 Å². The maximum Gasteiger partial charge on any atom is 0.269 e. The molecule has 148 valence electrons. The Morgan fingerprint density at radius 1 is 1.25 bits per heavy atom. The first-order valence-corrected chi connectivity index (χ1v) is 9.53. The van der Waals surface area contributed by atoms with Crippen LogP contribution in [0.25, 0.3) is 0 Å². The minimum Gasteiger partial charge on any atom is -0.493 e. The van der Waals surface area contributed by atoms with Gasteiger partial charge in [-0.25, -0.2) is 4.99 Å². The zero-order valence-corrected chi connectivity index (χ0v) is 16.2. The average Bonchev–Trinajstić information content (AvgIpc) is 2.70. The lowest BCUT2D eigenvalue weighted by atomic mass is 10.0. The average molecular weight is 382 g/mol. The summed E-state index contributed by atoms with van der Waals surface area (Å²) in [6.45, 7) is 6.19. The Bertz CT molecular complexity index is 834. The summed E-state index contributed by atoms with van der Waals surface area (Å²) in [5, 5.41) is 17.7. The van der Waals surface area contributed by atoms with E-state index in [4.69, 9.17) is 9.73 Å². The van der Waals surface area contributed by atoms with Crippen LogP contribution in [0.5, 0.6) is 5.75 Å². The van der Waals surface area contributed by atoms with Gasteiger partial charge in [-0.15, -0.1) is 0 Å². The first-order valence-electron chi connectivity index (χ1n) is 9.53. The Morgan fingerprint density at radius 2 is 2.00 bits per heavy atom. The molecule has 0 saturated carbocycles. The molecule has 0 aliphatic carbocycles. The smallest absolute Gasteiger partial charge is 0.269 e. The number of rotatable bonds is 6. The van der Waals surface area contributed by atoms with Crippen LogP contribution in [-0.2, 0) is 6.54 Å². The number of benzene rings is 2. The first kappa shape index (κ1) is 19.7. The highest BCUT2D eigenvalue weighted by molar-refractivity contribution is 5.80. The molecule has 1 aliphatic heterocycles. The predicted molar refractivity (Wildman–Crippen MR) is 110 cm³/mol. The third kappa shape index (κ3) is 5.22. The van der Waals surface area contributed by atoms with Crippen molar-refractivity contribution in [2.24, 2.45) is 10.9 Å². The van der Waals surface area contributed by atoms with E-state index in [1.807, 2.05) is 18.2 Å². The van der Waals surface area contributed by atoms with Crippen molar-refractivity contribution < 1.29 is 9.66 Å². The summed E-state index contributed by atoms with van der Waals surface area (Å²) in [6.07, 6.45) is 0.858. The summed E-state index contributed by atoms with van der Waals surface area (Å²) < 4.78 is 5.74. The highest BCUT2D eigenvalue weighted by Gasteiger charge is 2.22. The van der Waals surface area contributed by atoms with Crippen LogP contribution in [0.15, 0.2) is 53.5 Å². The molecule has 28 heavy (non-hydrogen) atoms. The van der Waals surface area contributed by atoms with Gasteiger partial charge in [-0.05, 0) is 17.5 Å². The molecule has 7 heteroatoms. The van der Waals surface area contributed by atoms with Gasteiger partial charge in [0.1, 0.15) is 5.75 Å². The number of nitro groups is 1. The molecular weight excluding hydrogens is 356 g/mol. The van der Waals surface area contributed by atoms with Crippen molar-refractivity contribution >= 4 is 11.6 Å². The maximum atomic E-state index is 10.8. The van der Waals surface area contributed by atoms with E-state index in [0.29, 0.717) is 19.1 Å². The Labute approximate surface area is 165 Å². The quantitative estimate of drug-likeness (QED) is 0.343. The van der Waals surface area contributed by atoms with E-state index in [0.717, 1.165) is 35.8 Å². The number of fused-ring (bicyclic) bond motifs is 1. The molecule has 0 spiro atoms. The number of nitro benzene ring substituents is 1. The molecule has 0 aromatic heterocycles. The molecule has 0 fully saturated rings. The standard InChI is InChI=1S/C21H26N4O3/c1-15(2)13-22-21(23-14-16-7-9-17(10-8-16)25(26)27)24-19-11-12-28-20-6-4-3-5-18(19)20/h3-10,15,19H,11-14H2,1-2H3,(H2,22,23,24). The SMILES string of the molecule is CC(C)CNC(=NCc1ccc([N+](=O)[O-])cc1)NC1CCOc2ccccc21. The zero-order valence-electron chi connectivity index (χ0n) is 16.2. The number of aliphatic imine (C=N–C) groups is 1. The molecule has 7 nitrogen and oxygen atoms in total. The summed E-state index contributed by atoms with van der Waals surface area (Å²) in [5.41, 5.74) is 2.13. The molecule has 1 atom stereocenters. The number of hydrogen-bond donors (Lipinski definition) is 2. The van der Waals surface area contributed by atoms with Gasteiger partial charge in [-0.3, -0.25) is 10.1 Å². The predicted octanol–water partition coefficient (Wildman–Crippen LogP) is 3.81. The summed E-state index contributed by atoms with van der Waals surface area (Å²) >= 11 is 0. The zero-order chi connectivity index (χ0) is 19.9. The monoisotopic (exact) mass is 382 g/mol. The van der Waals surface area contributed by atoms with Crippen molar-refractivity contribution in [2.75, 3.05) is 13.2 Å². The van der Waals surface area contributed by atoms with Crippen molar-refractivity contribution in [1.29, 1.82) is 0 Å². The fraction of sp³-hybridized carbons (Fsp3) is 0.381. The molecule has 1 aliphatic rings. The van der Waals surface area contributed by atoms with E-state index in [-0.39, 0.29) is 11.7 Å². The number of para-hydroxylation sites is 1. The van der Waals surface area contributed by atoms with Crippen molar-refractivity contribution in [1.82, 2.24) is 10.6 Å². The van der Waals surface area contributed by atoms with Crippen molar-refractivity contribution in [2.45, 2.75) is 32.9 Å². The van der Waals surface area contributed by atoms with E-state index >= 15 is 0 Å². The Balaban J connectivity index is 1.73. The number of hydrogen-bond acceptors (Lipinski definition) is 4. The summed E-state index contributed by atoms with van der Waals surface area (Å²) in [5.74, 6) is 2.12. The number of nitrogens with one attached hydrogen (secondary N) is 2. The van der Waals surface area contributed by atoms with Gasteiger partial charge in [0.2, 0.25) is 0 Å². The van der Waals surface area contributed by atoms with Gasteiger partial charge < -0.3 is 15.4 Å². The molecule has 1 unspecified atom stereocenters. The Morgan fingerprint density at radius 3 is 2.71 bits per heavy atom. The molecule has 0 radical (unpaired) electrons. The molecular formula is C21H26N4O3. The van der Waals surface area contributed by atoms with E-state index in [2.05, 4.69) is 30.5 Å². The molecule has 2 N–H and O–H groups in total. The van der Waals surface area contributed by atoms with Gasteiger partial charge in [0.25, 0.3) is 5.69 Å². The first-order chi connectivity index (χ1) is 13.5. The summed E-state index contributed by atoms with van der Waals surface area (Å²) in [4.78, 5) is 15.1. The highest BCUT2D eigenvalue weighted by Crippen LogP contribution is 2.31. The maximum absolute atomic E-state index is 10.8. The van der Waals surface area contributed by atoms with E-state index in [1.165, 1.54) is 12.1 Å². The van der Waals surface area contributed by atoms with Gasteiger partial charge in [-0.1, -0.05) is 44.2 Å². The van der Waals surface area contributed by atoms with Crippen LogP contribution in [0.3, 0.4) is 0 Å². The van der Waals surface area contributed by atoms with Gasteiger partial charge in [0.05, 0.1) is 24.1 Å². The Hall–Kier alpha value is -3.09. The second-order valence-corrected chi connectivity index (χ2v) is 7.24. The van der Waals surface area contributed by atoms with E-state index in [9.17, 15) is 10.1 Å². The number of nitrogens with zero attached hydrogens (tertiary/aromatic N) is 2. The number of guanidine groups is 1.